The first-order chi connectivity index (χ1) is 9.84. The second-order valence-corrected chi connectivity index (χ2v) is 7.55. The molecule has 0 saturated carbocycles. The fourth-order valence-electron chi connectivity index (χ4n) is 2.32. The van der Waals surface area contributed by atoms with Crippen molar-refractivity contribution in [2.24, 2.45) is 0 Å². The van der Waals surface area contributed by atoms with Crippen molar-refractivity contribution in [1.29, 1.82) is 0 Å². The summed E-state index contributed by atoms with van der Waals surface area (Å²) in [6, 6.07) is 10.1. The van der Waals surface area contributed by atoms with Crippen molar-refractivity contribution in [3.8, 4) is 11.4 Å². The first-order valence-electron chi connectivity index (χ1n) is 6.96. The van der Waals surface area contributed by atoms with E-state index in [1.165, 1.54) is 5.56 Å². The van der Waals surface area contributed by atoms with Gasteiger partial charge < -0.3 is 4.98 Å². The van der Waals surface area contributed by atoms with E-state index in [4.69, 9.17) is 0 Å². The number of nitrogens with one attached hydrogen (secondary N) is 1. The second kappa shape index (κ2) is 4.81. The van der Waals surface area contributed by atoms with Crippen LogP contribution < -0.4 is 5.56 Å². The zero-order valence-corrected chi connectivity index (χ0v) is 13.5. The van der Waals surface area contributed by atoms with E-state index in [2.05, 4.69) is 42.9 Å². The van der Waals surface area contributed by atoms with Crippen LogP contribution in [-0.2, 0) is 5.41 Å². The third-order valence-electron chi connectivity index (χ3n) is 3.55. The number of aryl methyl sites for hydroxylation is 1. The number of aromatic amines is 1. The third kappa shape index (κ3) is 2.63. The molecule has 2 aromatic heterocycles. The second-order valence-electron chi connectivity index (χ2n) is 6.32. The summed E-state index contributed by atoms with van der Waals surface area (Å²) in [6.07, 6.45) is 0. The Morgan fingerprint density at radius 3 is 2.43 bits per heavy atom. The van der Waals surface area contributed by atoms with Crippen LogP contribution in [0.15, 0.2) is 35.1 Å². The predicted octanol–water partition coefficient (Wildman–Crippen LogP) is 4.26. The summed E-state index contributed by atoms with van der Waals surface area (Å²) in [7, 11) is 0. The first-order valence-corrected chi connectivity index (χ1v) is 7.77. The van der Waals surface area contributed by atoms with E-state index in [1.54, 1.807) is 11.3 Å². The fraction of sp³-hybridized carbons (Fsp3) is 0.294. The number of benzene rings is 1. The molecule has 0 unspecified atom stereocenters. The zero-order valence-electron chi connectivity index (χ0n) is 12.7. The molecule has 4 heteroatoms. The lowest BCUT2D eigenvalue weighted by Crippen LogP contribution is -2.11. The molecular formula is C17H18N2OS. The monoisotopic (exact) mass is 298 g/mol. The van der Waals surface area contributed by atoms with Gasteiger partial charge >= 0.3 is 0 Å². The maximum atomic E-state index is 12.1. The molecule has 3 rings (SSSR count). The molecule has 0 saturated heterocycles. The molecular weight excluding hydrogens is 280 g/mol. The average Bonchev–Trinajstić information content (AvgIpc) is 2.79. The van der Waals surface area contributed by atoms with Crippen LogP contribution in [0, 0.1) is 6.92 Å². The highest BCUT2D eigenvalue weighted by atomic mass is 32.1. The van der Waals surface area contributed by atoms with Gasteiger partial charge in [0.1, 0.15) is 10.7 Å². The minimum absolute atomic E-state index is 0.0701. The molecule has 0 atom stereocenters. The van der Waals surface area contributed by atoms with Gasteiger partial charge in [-0.3, -0.25) is 4.79 Å². The number of H-pyrrole nitrogens is 1. The van der Waals surface area contributed by atoms with Gasteiger partial charge in [-0.2, -0.15) is 0 Å². The van der Waals surface area contributed by atoms with Gasteiger partial charge in [0, 0.05) is 10.4 Å². The molecule has 3 aromatic rings. The normalized spacial score (nSPS) is 12.0. The van der Waals surface area contributed by atoms with Gasteiger partial charge in [0.25, 0.3) is 5.56 Å². The van der Waals surface area contributed by atoms with E-state index < -0.39 is 0 Å². The summed E-state index contributed by atoms with van der Waals surface area (Å²) in [5, 5.41) is 0.674. The van der Waals surface area contributed by atoms with Crippen LogP contribution in [0.4, 0.5) is 0 Å². The van der Waals surface area contributed by atoms with E-state index in [1.807, 2.05) is 25.1 Å². The maximum Gasteiger partial charge on any atom is 0.259 e. The number of fused-ring (bicyclic) bond motifs is 1. The van der Waals surface area contributed by atoms with Gasteiger partial charge in [-0.05, 0) is 24.0 Å². The molecule has 1 aromatic carbocycles. The lowest BCUT2D eigenvalue weighted by Gasteiger charge is -2.19. The molecule has 0 aliphatic carbocycles. The number of aromatic nitrogens is 2. The molecule has 0 amide bonds. The van der Waals surface area contributed by atoms with Crippen molar-refractivity contribution < 1.29 is 0 Å². The molecule has 21 heavy (non-hydrogen) atoms. The summed E-state index contributed by atoms with van der Waals surface area (Å²) in [5.74, 6) is 0.634. The smallest absolute Gasteiger partial charge is 0.259 e. The average molecular weight is 298 g/mol. The van der Waals surface area contributed by atoms with Gasteiger partial charge in [-0.15, -0.1) is 11.3 Å². The van der Waals surface area contributed by atoms with Crippen molar-refractivity contribution >= 4 is 21.6 Å². The van der Waals surface area contributed by atoms with Gasteiger partial charge in [0.2, 0.25) is 0 Å². The van der Waals surface area contributed by atoms with E-state index in [9.17, 15) is 4.79 Å². The Kier molecular flexibility index (Phi) is 3.21. The molecule has 0 aliphatic heterocycles. The van der Waals surface area contributed by atoms with Crippen molar-refractivity contribution in [1.82, 2.24) is 9.97 Å². The van der Waals surface area contributed by atoms with E-state index in [-0.39, 0.29) is 11.0 Å². The summed E-state index contributed by atoms with van der Waals surface area (Å²) in [5.41, 5.74) is 2.25. The van der Waals surface area contributed by atoms with Crippen molar-refractivity contribution in [3.63, 3.8) is 0 Å². The third-order valence-corrected chi connectivity index (χ3v) is 4.49. The van der Waals surface area contributed by atoms with Crippen LogP contribution in [0.1, 0.15) is 31.2 Å². The van der Waals surface area contributed by atoms with Crippen LogP contribution in [0.2, 0.25) is 0 Å². The number of hydrogen-bond donors (Lipinski definition) is 1. The quantitative estimate of drug-likeness (QED) is 0.729. The first kappa shape index (κ1) is 14.0. The molecule has 0 radical (unpaired) electrons. The largest absolute Gasteiger partial charge is 0.306 e. The zero-order chi connectivity index (χ0) is 15.2. The molecule has 0 aliphatic rings. The summed E-state index contributed by atoms with van der Waals surface area (Å²) >= 11 is 1.55. The molecule has 0 fully saturated rings. The predicted molar refractivity (Wildman–Crippen MR) is 89.1 cm³/mol. The Morgan fingerprint density at radius 2 is 1.81 bits per heavy atom. The summed E-state index contributed by atoms with van der Waals surface area (Å²) in [4.78, 5) is 21.5. The van der Waals surface area contributed by atoms with Gasteiger partial charge in [-0.25, -0.2) is 4.98 Å². The molecule has 1 N–H and O–H groups in total. The Bertz CT molecular complexity index is 851. The van der Waals surface area contributed by atoms with E-state index in [0.717, 1.165) is 15.3 Å². The lowest BCUT2D eigenvalue weighted by molar-refractivity contribution is 0.590. The van der Waals surface area contributed by atoms with Crippen molar-refractivity contribution in [3.05, 3.63) is 51.1 Å². The van der Waals surface area contributed by atoms with Crippen molar-refractivity contribution in [2.45, 2.75) is 33.1 Å². The lowest BCUT2D eigenvalue weighted by atomic mass is 9.87. The Morgan fingerprint density at radius 1 is 1.14 bits per heavy atom. The minimum atomic E-state index is -0.0701. The van der Waals surface area contributed by atoms with Gasteiger partial charge in [0.05, 0.1) is 5.39 Å². The number of nitrogens with zero attached hydrogens (tertiary/aromatic N) is 1. The van der Waals surface area contributed by atoms with Crippen LogP contribution in [0.3, 0.4) is 0 Å². The number of hydrogen-bond acceptors (Lipinski definition) is 3. The van der Waals surface area contributed by atoms with E-state index >= 15 is 0 Å². The highest BCUT2D eigenvalue weighted by molar-refractivity contribution is 7.18. The molecule has 2 heterocycles. The van der Waals surface area contributed by atoms with Gasteiger partial charge in [0.15, 0.2) is 0 Å². The fourth-order valence-corrected chi connectivity index (χ4v) is 3.20. The maximum absolute atomic E-state index is 12.1. The van der Waals surface area contributed by atoms with Crippen LogP contribution in [0.25, 0.3) is 21.6 Å². The minimum Gasteiger partial charge on any atom is -0.306 e. The summed E-state index contributed by atoms with van der Waals surface area (Å²) in [6.45, 7) is 8.54. The Hall–Kier alpha value is -1.94. The van der Waals surface area contributed by atoms with Crippen LogP contribution in [0.5, 0.6) is 0 Å². The SMILES string of the molecule is Cc1cc2c(=O)[nH]c(-c3ccc(C(C)(C)C)cc3)nc2s1. The molecule has 0 bridgehead atoms. The molecule has 0 spiro atoms. The topological polar surface area (TPSA) is 45.8 Å². The molecule has 3 nitrogen and oxygen atoms in total. The van der Waals surface area contributed by atoms with E-state index in [0.29, 0.717) is 11.2 Å². The Balaban J connectivity index is 2.10. The highest BCUT2D eigenvalue weighted by Crippen LogP contribution is 2.26. The number of thiophene rings is 1. The molecule has 108 valence electrons. The van der Waals surface area contributed by atoms with Crippen LogP contribution in [-0.4, -0.2) is 9.97 Å². The highest BCUT2D eigenvalue weighted by Gasteiger charge is 2.14. The van der Waals surface area contributed by atoms with Crippen LogP contribution >= 0.6 is 11.3 Å². The summed E-state index contributed by atoms with van der Waals surface area (Å²) < 4.78 is 0. The van der Waals surface area contributed by atoms with Crippen molar-refractivity contribution in [2.75, 3.05) is 0 Å². The Labute approximate surface area is 127 Å². The number of rotatable bonds is 1. The van der Waals surface area contributed by atoms with Gasteiger partial charge in [-0.1, -0.05) is 45.0 Å². The standard InChI is InChI=1S/C17H18N2OS/c1-10-9-13-15(20)18-14(19-16(13)21-10)11-5-7-12(8-6-11)17(2,3)4/h5-9H,1-4H3,(H,18,19,20).